The van der Waals surface area contributed by atoms with Crippen LogP contribution in [0, 0.1) is 5.92 Å². The molecule has 222 valence electrons. The molecule has 0 bridgehead atoms. The predicted octanol–water partition coefficient (Wildman–Crippen LogP) is 11.0. The van der Waals surface area contributed by atoms with Gasteiger partial charge in [-0.25, -0.2) is 0 Å². The first kappa shape index (κ1) is 28.0. The second-order valence-electron chi connectivity index (χ2n) is 13.3. The van der Waals surface area contributed by atoms with Gasteiger partial charge in [-0.2, -0.15) is 0 Å². The summed E-state index contributed by atoms with van der Waals surface area (Å²) >= 11 is 0. The van der Waals surface area contributed by atoms with Gasteiger partial charge in [0.25, 0.3) is 0 Å². The molecule has 0 N–H and O–H groups in total. The molecule has 4 aromatic rings. The first-order valence-corrected chi connectivity index (χ1v) is 16.8. The highest BCUT2D eigenvalue weighted by atomic mass is 14.7. The van der Waals surface area contributed by atoms with Crippen LogP contribution in [0.15, 0.2) is 137 Å². The molecule has 1 heteroatoms. The van der Waals surface area contributed by atoms with Crippen molar-refractivity contribution in [2.24, 2.45) is 10.9 Å². The van der Waals surface area contributed by atoms with Gasteiger partial charge in [-0.15, -0.1) is 0 Å². The van der Waals surface area contributed by atoms with Crippen molar-refractivity contribution in [3.63, 3.8) is 0 Å². The maximum atomic E-state index is 5.43. The zero-order valence-electron chi connectivity index (χ0n) is 26.5. The van der Waals surface area contributed by atoms with Gasteiger partial charge < -0.3 is 0 Å². The van der Waals surface area contributed by atoms with E-state index in [0.717, 1.165) is 25.7 Å². The summed E-state index contributed by atoms with van der Waals surface area (Å²) in [5.41, 5.74) is 20.3. The first-order chi connectivity index (χ1) is 22.2. The molecule has 1 nitrogen and oxygen atoms in total. The van der Waals surface area contributed by atoms with Crippen molar-refractivity contribution in [2.45, 2.75) is 64.8 Å². The quantitative estimate of drug-likeness (QED) is 0.176. The maximum absolute atomic E-state index is 5.43. The topological polar surface area (TPSA) is 12.4 Å². The zero-order chi connectivity index (χ0) is 30.3. The van der Waals surface area contributed by atoms with Crippen molar-refractivity contribution >= 4 is 11.3 Å². The second kappa shape index (κ2) is 11.8. The van der Waals surface area contributed by atoms with Crippen molar-refractivity contribution in [1.82, 2.24) is 0 Å². The molecule has 0 amide bonds. The summed E-state index contributed by atoms with van der Waals surface area (Å²) in [6.45, 7) is 5.11. The number of nitrogens with zero attached hydrogens (tertiary/aromatic N) is 1. The Morgan fingerprint density at radius 2 is 1.62 bits per heavy atom. The molecule has 45 heavy (non-hydrogen) atoms. The molecular formula is C44H41N. The fourth-order valence-electron chi connectivity index (χ4n) is 8.43. The Morgan fingerprint density at radius 1 is 0.822 bits per heavy atom. The fraction of sp³-hybridized carbons (Fsp3) is 0.250. The lowest BCUT2D eigenvalue weighted by atomic mass is 9.72. The van der Waals surface area contributed by atoms with Gasteiger partial charge in [0.05, 0.1) is 6.54 Å². The highest BCUT2D eigenvalue weighted by molar-refractivity contribution is 6.06. The molecule has 0 fully saturated rings. The van der Waals surface area contributed by atoms with Gasteiger partial charge in [0.2, 0.25) is 0 Å². The third-order valence-electron chi connectivity index (χ3n) is 10.7. The van der Waals surface area contributed by atoms with Crippen LogP contribution in [0.2, 0.25) is 0 Å². The van der Waals surface area contributed by atoms with E-state index in [-0.39, 0.29) is 0 Å². The fourth-order valence-corrected chi connectivity index (χ4v) is 8.43. The van der Waals surface area contributed by atoms with Gasteiger partial charge in [0.1, 0.15) is 0 Å². The number of hydrogen-bond donors (Lipinski definition) is 0. The molecule has 0 spiro atoms. The highest BCUT2D eigenvalue weighted by Gasteiger charge is 2.32. The molecule has 8 rings (SSSR count). The molecule has 4 aliphatic carbocycles. The van der Waals surface area contributed by atoms with Crippen molar-refractivity contribution < 1.29 is 0 Å². The summed E-state index contributed by atoms with van der Waals surface area (Å²) in [5, 5.41) is 0. The highest BCUT2D eigenvalue weighted by Crippen LogP contribution is 2.48. The monoisotopic (exact) mass is 583 g/mol. The van der Waals surface area contributed by atoms with Crippen LogP contribution in [0.4, 0.5) is 0 Å². The van der Waals surface area contributed by atoms with Crippen molar-refractivity contribution in [2.75, 3.05) is 0 Å². The van der Waals surface area contributed by atoms with E-state index in [4.69, 9.17) is 4.99 Å². The van der Waals surface area contributed by atoms with E-state index in [1.165, 1.54) is 74.2 Å². The van der Waals surface area contributed by atoms with Gasteiger partial charge >= 0.3 is 0 Å². The minimum Gasteiger partial charge on any atom is -0.284 e. The van der Waals surface area contributed by atoms with E-state index < -0.39 is 0 Å². The average Bonchev–Trinajstić information content (AvgIpc) is 3.63. The van der Waals surface area contributed by atoms with Crippen molar-refractivity contribution in [1.29, 1.82) is 0 Å². The van der Waals surface area contributed by atoms with Crippen LogP contribution in [-0.4, -0.2) is 5.71 Å². The summed E-state index contributed by atoms with van der Waals surface area (Å²) in [6.07, 6.45) is 16.1. The summed E-state index contributed by atoms with van der Waals surface area (Å²) in [6, 6.07) is 33.7. The Bertz CT molecular complexity index is 1940. The van der Waals surface area contributed by atoms with Crippen LogP contribution in [0.5, 0.6) is 0 Å². The molecule has 0 aliphatic heterocycles. The molecule has 0 saturated heterocycles. The average molecular weight is 584 g/mol. The number of aliphatic imine (C=N–C) groups is 1. The Morgan fingerprint density at radius 3 is 2.51 bits per heavy atom. The Balaban J connectivity index is 1.10. The summed E-state index contributed by atoms with van der Waals surface area (Å²) in [7, 11) is 0. The minimum atomic E-state index is 0.300. The molecule has 2 unspecified atom stereocenters. The number of rotatable bonds is 6. The molecule has 4 aliphatic rings. The normalized spacial score (nSPS) is 20.4. The molecule has 2 atom stereocenters. The molecule has 0 radical (unpaired) electrons. The van der Waals surface area contributed by atoms with Crippen LogP contribution in [0.1, 0.15) is 84.4 Å². The SMILES string of the molecule is C/C=C\C1=C(C)c2cccc(C(=NCc3ccccc3)C3C=CC4=C(CCC(c5cccc6c5-c5ccccc5C6)C4)C3)c2C1. The Hall–Kier alpha value is -4.49. The summed E-state index contributed by atoms with van der Waals surface area (Å²) in [4.78, 5) is 5.43. The largest absolute Gasteiger partial charge is 0.284 e. The van der Waals surface area contributed by atoms with Gasteiger partial charge in [-0.1, -0.05) is 121 Å². The van der Waals surface area contributed by atoms with Crippen LogP contribution in [0.25, 0.3) is 16.7 Å². The Labute approximate surface area is 268 Å². The molecule has 0 saturated carbocycles. The van der Waals surface area contributed by atoms with Crippen molar-refractivity contribution in [3.8, 4) is 11.1 Å². The second-order valence-corrected chi connectivity index (χ2v) is 13.3. The zero-order valence-corrected chi connectivity index (χ0v) is 26.5. The number of benzene rings is 4. The minimum absolute atomic E-state index is 0.300. The van der Waals surface area contributed by atoms with E-state index in [2.05, 4.69) is 129 Å². The van der Waals surface area contributed by atoms with Crippen LogP contribution < -0.4 is 0 Å². The lowest BCUT2D eigenvalue weighted by Crippen LogP contribution is -2.22. The van der Waals surface area contributed by atoms with Crippen LogP contribution >= 0.6 is 0 Å². The summed E-state index contributed by atoms with van der Waals surface area (Å²) in [5.74, 6) is 0.878. The van der Waals surface area contributed by atoms with E-state index in [1.807, 2.05) is 0 Å². The van der Waals surface area contributed by atoms with E-state index in [1.54, 1.807) is 16.7 Å². The standard InChI is InChI=1S/C44H41N/c1-3-11-31-27-42-38(29(31)2)17-10-19-41(42)44(45-28-30-12-5-4-6-13-30)37-23-21-32-24-35(22-20-33(32)25-37)40-18-9-15-36-26-34-14-7-8-16-39(34)43(36)40/h3-19,21,23,35,37H,20,22,24-28H2,1-2H3/b11-3-,45-44?. The molecular weight excluding hydrogens is 542 g/mol. The lowest BCUT2D eigenvalue weighted by Gasteiger charge is -2.32. The molecule has 4 aromatic carbocycles. The third kappa shape index (κ3) is 5.09. The van der Waals surface area contributed by atoms with Gasteiger partial charge in [-0.05, 0) is 120 Å². The third-order valence-corrected chi connectivity index (χ3v) is 10.7. The lowest BCUT2D eigenvalue weighted by molar-refractivity contribution is 0.558. The maximum Gasteiger partial charge on any atom is 0.0643 e. The number of hydrogen-bond acceptors (Lipinski definition) is 1. The predicted molar refractivity (Wildman–Crippen MR) is 190 cm³/mol. The number of fused-ring (bicyclic) bond motifs is 4. The first-order valence-electron chi connectivity index (χ1n) is 16.8. The van der Waals surface area contributed by atoms with Crippen LogP contribution in [0.3, 0.4) is 0 Å². The van der Waals surface area contributed by atoms with E-state index in [9.17, 15) is 0 Å². The number of allylic oxidation sites excluding steroid dienone is 8. The van der Waals surface area contributed by atoms with E-state index in [0.29, 0.717) is 18.4 Å². The van der Waals surface area contributed by atoms with Gasteiger partial charge in [-0.3, -0.25) is 4.99 Å². The smallest absolute Gasteiger partial charge is 0.0643 e. The molecule has 0 heterocycles. The van der Waals surface area contributed by atoms with Crippen LogP contribution in [-0.2, 0) is 19.4 Å². The Kier molecular flexibility index (Phi) is 7.34. The van der Waals surface area contributed by atoms with E-state index >= 15 is 0 Å². The van der Waals surface area contributed by atoms with Gasteiger partial charge in [0, 0.05) is 17.2 Å². The molecule has 0 aromatic heterocycles. The summed E-state index contributed by atoms with van der Waals surface area (Å²) < 4.78 is 0. The van der Waals surface area contributed by atoms with Crippen molar-refractivity contribution in [3.05, 3.63) is 171 Å². The van der Waals surface area contributed by atoms with Gasteiger partial charge in [0.15, 0.2) is 0 Å².